The number of rotatable bonds is 5. The van der Waals surface area contributed by atoms with Gasteiger partial charge in [-0.15, -0.1) is 0 Å². The number of piperazine rings is 1. The molecule has 3 amide bonds. The molecule has 1 aliphatic carbocycles. The van der Waals surface area contributed by atoms with Gasteiger partial charge in [-0.3, -0.25) is 24.2 Å². The fourth-order valence-corrected chi connectivity index (χ4v) is 5.30. The first kappa shape index (κ1) is 23.4. The fourth-order valence-electron chi connectivity index (χ4n) is 5.06. The SMILES string of the molecule is COC(=O)[C@H](c1ccccc1Cl)N1CCN(C(=O)[C@H](C)N2C(=O)[C@H]3CC=CC[C@H]3C2=O)CC1. The van der Waals surface area contributed by atoms with Crippen molar-refractivity contribution >= 4 is 35.3 Å². The van der Waals surface area contributed by atoms with E-state index >= 15 is 0 Å². The number of carbonyl (C=O) groups is 4. The zero-order valence-corrected chi connectivity index (χ0v) is 19.5. The number of nitrogens with zero attached hydrogens (tertiary/aromatic N) is 3. The highest BCUT2D eigenvalue weighted by atomic mass is 35.5. The maximum absolute atomic E-state index is 13.2. The summed E-state index contributed by atoms with van der Waals surface area (Å²) in [4.78, 5) is 56.2. The molecule has 3 aliphatic rings. The molecule has 1 aromatic carbocycles. The third-order valence-electron chi connectivity index (χ3n) is 6.90. The molecule has 176 valence electrons. The number of hydrogen-bond acceptors (Lipinski definition) is 6. The summed E-state index contributed by atoms with van der Waals surface area (Å²) in [6.07, 6.45) is 4.95. The molecule has 0 radical (unpaired) electrons. The highest BCUT2D eigenvalue weighted by Gasteiger charge is 2.50. The van der Waals surface area contributed by atoms with E-state index in [-0.39, 0.29) is 29.6 Å². The Balaban J connectivity index is 1.43. The average Bonchev–Trinajstić information content (AvgIpc) is 3.10. The van der Waals surface area contributed by atoms with Crippen LogP contribution in [0.15, 0.2) is 36.4 Å². The minimum Gasteiger partial charge on any atom is -0.468 e. The number of esters is 1. The molecule has 0 N–H and O–H groups in total. The van der Waals surface area contributed by atoms with Crippen molar-refractivity contribution in [2.45, 2.75) is 31.8 Å². The number of methoxy groups -OCH3 is 1. The van der Waals surface area contributed by atoms with E-state index in [9.17, 15) is 19.2 Å². The van der Waals surface area contributed by atoms with Crippen molar-refractivity contribution in [2.75, 3.05) is 33.3 Å². The number of imide groups is 1. The van der Waals surface area contributed by atoms with Crippen LogP contribution >= 0.6 is 11.6 Å². The van der Waals surface area contributed by atoms with Crippen molar-refractivity contribution in [1.29, 1.82) is 0 Å². The zero-order valence-electron chi connectivity index (χ0n) is 18.8. The lowest BCUT2D eigenvalue weighted by atomic mass is 9.85. The molecular formula is C24H28ClN3O5. The largest absolute Gasteiger partial charge is 0.468 e. The summed E-state index contributed by atoms with van der Waals surface area (Å²) >= 11 is 6.34. The van der Waals surface area contributed by atoms with Gasteiger partial charge in [-0.25, -0.2) is 4.79 Å². The monoisotopic (exact) mass is 473 g/mol. The van der Waals surface area contributed by atoms with E-state index in [0.717, 1.165) is 4.90 Å². The molecular weight excluding hydrogens is 446 g/mol. The van der Waals surface area contributed by atoms with Crippen LogP contribution < -0.4 is 0 Å². The van der Waals surface area contributed by atoms with Crippen molar-refractivity contribution < 1.29 is 23.9 Å². The molecule has 33 heavy (non-hydrogen) atoms. The third-order valence-corrected chi connectivity index (χ3v) is 7.25. The van der Waals surface area contributed by atoms with Gasteiger partial charge < -0.3 is 9.64 Å². The minimum absolute atomic E-state index is 0.252. The number of likely N-dealkylation sites (tertiary alicyclic amines) is 1. The van der Waals surface area contributed by atoms with Gasteiger partial charge in [0.2, 0.25) is 17.7 Å². The van der Waals surface area contributed by atoms with Crippen LogP contribution in [0.2, 0.25) is 5.02 Å². The van der Waals surface area contributed by atoms with Crippen molar-refractivity contribution in [3.8, 4) is 0 Å². The predicted molar refractivity (Wildman–Crippen MR) is 121 cm³/mol. The molecule has 2 fully saturated rings. The highest BCUT2D eigenvalue weighted by molar-refractivity contribution is 6.31. The molecule has 8 nitrogen and oxygen atoms in total. The van der Waals surface area contributed by atoms with Crippen LogP contribution in [0.25, 0.3) is 0 Å². The summed E-state index contributed by atoms with van der Waals surface area (Å²) in [5.41, 5.74) is 0.656. The van der Waals surface area contributed by atoms with Crippen LogP contribution in [0.5, 0.6) is 0 Å². The number of fused-ring (bicyclic) bond motifs is 1. The molecule has 1 aromatic rings. The molecule has 4 rings (SSSR count). The maximum atomic E-state index is 13.2. The number of halogens is 1. The van der Waals surface area contributed by atoms with Crippen LogP contribution in [0.3, 0.4) is 0 Å². The molecule has 0 saturated carbocycles. The van der Waals surface area contributed by atoms with E-state index in [2.05, 4.69) is 0 Å². The van der Waals surface area contributed by atoms with Gasteiger partial charge in [0.1, 0.15) is 12.1 Å². The second-order valence-electron chi connectivity index (χ2n) is 8.69. The summed E-state index contributed by atoms with van der Waals surface area (Å²) < 4.78 is 5.02. The zero-order chi connectivity index (χ0) is 23.7. The molecule has 2 saturated heterocycles. The van der Waals surface area contributed by atoms with Crippen LogP contribution in [0.1, 0.15) is 31.4 Å². The minimum atomic E-state index is -0.845. The first-order chi connectivity index (χ1) is 15.8. The molecule has 0 bridgehead atoms. The van der Waals surface area contributed by atoms with E-state index in [4.69, 9.17) is 16.3 Å². The van der Waals surface area contributed by atoms with Gasteiger partial charge in [-0.1, -0.05) is 42.0 Å². The number of benzene rings is 1. The second-order valence-corrected chi connectivity index (χ2v) is 9.09. The molecule has 0 spiro atoms. The number of amides is 3. The van der Waals surface area contributed by atoms with Crippen molar-refractivity contribution in [3.05, 3.63) is 47.0 Å². The van der Waals surface area contributed by atoms with Gasteiger partial charge >= 0.3 is 5.97 Å². The highest BCUT2D eigenvalue weighted by Crippen LogP contribution is 2.36. The Bertz CT molecular complexity index is 962. The van der Waals surface area contributed by atoms with Crippen LogP contribution in [0.4, 0.5) is 0 Å². The van der Waals surface area contributed by atoms with Gasteiger partial charge in [0, 0.05) is 31.2 Å². The molecule has 0 aromatic heterocycles. The first-order valence-corrected chi connectivity index (χ1v) is 11.6. The molecule has 2 heterocycles. The molecule has 9 heteroatoms. The molecule has 4 atom stereocenters. The van der Waals surface area contributed by atoms with Crippen LogP contribution in [-0.4, -0.2) is 77.7 Å². The predicted octanol–water partition coefficient (Wildman–Crippen LogP) is 2.04. The summed E-state index contributed by atoms with van der Waals surface area (Å²) in [5.74, 6) is -1.88. The van der Waals surface area contributed by atoms with Crippen molar-refractivity contribution in [1.82, 2.24) is 14.7 Å². The van der Waals surface area contributed by atoms with Crippen LogP contribution in [-0.2, 0) is 23.9 Å². The van der Waals surface area contributed by atoms with Gasteiger partial charge in [0.25, 0.3) is 0 Å². The van der Waals surface area contributed by atoms with Gasteiger partial charge in [-0.2, -0.15) is 0 Å². The Morgan fingerprint density at radius 2 is 1.58 bits per heavy atom. The number of hydrogen-bond donors (Lipinski definition) is 0. The van der Waals surface area contributed by atoms with Crippen molar-refractivity contribution in [3.63, 3.8) is 0 Å². The summed E-state index contributed by atoms with van der Waals surface area (Å²) in [7, 11) is 1.34. The Labute approximate surface area is 198 Å². The summed E-state index contributed by atoms with van der Waals surface area (Å²) in [6, 6.07) is 5.62. The Kier molecular flexibility index (Phi) is 6.86. The smallest absolute Gasteiger partial charge is 0.327 e. The lowest BCUT2D eigenvalue weighted by molar-refractivity contribution is -0.153. The average molecular weight is 474 g/mol. The summed E-state index contributed by atoms with van der Waals surface area (Å²) in [5, 5.41) is 0.474. The normalized spacial score (nSPS) is 25.1. The van der Waals surface area contributed by atoms with Crippen LogP contribution in [0, 0.1) is 11.8 Å². The van der Waals surface area contributed by atoms with Gasteiger partial charge in [-0.05, 0) is 31.4 Å². The summed E-state index contributed by atoms with van der Waals surface area (Å²) in [6.45, 7) is 3.22. The third kappa shape index (κ3) is 4.29. The molecule has 0 unspecified atom stereocenters. The topological polar surface area (TPSA) is 87.2 Å². The maximum Gasteiger partial charge on any atom is 0.327 e. The van der Waals surface area contributed by atoms with E-state index in [1.807, 2.05) is 23.1 Å². The Morgan fingerprint density at radius 1 is 1.00 bits per heavy atom. The van der Waals surface area contributed by atoms with Crippen molar-refractivity contribution in [2.24, 2.45) is 11.8 Å². The standard InChI is InChI=1S/C24H28ClN3O5/c1-15(28-22(30)16-7-3-4-8-17(16)23(28)31)21(29)27-13-11-26(12-14-27)20(24(32)33-2)18-9-5-6-10-19(18)25/h3-6,9-10,15-17,20H,7-8,11-14H2,1-2H3/t15-,16-,17+,20-/m0/s1. The van der Waals surface area contributed by atoms with E-state index in [1.54, 1.807) is 30.0 Å². The second kappa shape index (κ2) is 9.65. The van der Waals surface area contributed by atoms with E-state index in [0.29, 0.717) is 49.6 Å². The molecule has 2 aliphatic heterocycles. The number of allylic oxidation sites excluding steroid dienone is 2. The van der Waals surface area contributed by atoms with E-state index < -0.39 is 18.1 Å². The lowest BCUT2D eigenvalue weighted by Gasteiger charge is -2.39. The van der Waals surface area contributed by atoms with Gasteiger partial charge in [0.15, 0.2) is 0 Å². The number of carbonyl (C=O) groups excluding carboxylic acids is 4. The Morgan fingerprint density at radius 3 is 2.12 bits per heavy atom. The lowest BCUT2D eigenvalue weighted by Crippen LogP contribution is -2.56. The van der Waals surface area contributed by atoms with E-state index in [1.165, 1.54) is 7.11 Å². The first-order valence-electron chi connectivity index (χ1n) is 11.2. The number of ether oxygens (including phenoxy) is 1. The Hall–Kier alpha value is -2.71. The fraction of sp³-hybridized carbons (Fsp3) is 0.500. The van der Waals surface area contributed by atoms with Gasteiger partial charge in [0.05, 0.1) is 18.9 Å². The quantitative estimate of drug-likeness (QED) is 0.369.